The van der Waals surface area contributed by atoms with Gasteiger partial charge in [0.25, 0.3) is 0 Å². The molecule has 134 valence electrons. The molecule has 0 bridgehead atoms. The van der Waals surface area contributed by atoms with Crippen molar-refractivity contribution < 1.29 is 30.6 Å². The number of benzene rings is 3. The van der Waals surface area contributed by atoms with E-state index in [1.165, 1.54) is 24.3 Å². The van der Waals surface area contributed by atoms with E-state index >= 15 is 0 Å². The first kappa shape index (κ1) is 17.3. The fourth-order valence-corrected chi connectivity index (χ4v) is 3.06. The molecular formula is C20H18O6. The summed E-state index contributed by atoms with van der Waals surface area (Å²) in [5.41, 5.74) is 0.503. The van der Waals surface area contributed by atoms with Crippen molar-refractivity contribution in [3.63, 3.8) is 0 Å². The summed E-state index contributed by atoms with van der Waals surface area (Å²) in [4.78, 5) is 0. The van der Waals surface area contributed by atoms with Crippen molar-refractivity contribution in [1.29, 1.82) is 0 Å². The molecule has 0 aliphatic rings. The van der Waals surface area contributed by atoms with Crippen LogP contribution in [0.15, 0.2) is 54.6 Å². The van der Waals surface area contributed by atoms with E-state index in [0.717, 1.165) is 5.56 Å². The molecule has 3 rings (SSSR count). The Morgan fingerprint density at radius 3 is 1.23 bits per heavy atom. The number of hydrogen-bond acceptors (Lipinski definition) is 6. The van der Waals surface area contributed by atoms with Gasteiger partial charge in [0.1, 0.15) is 0 Å². The van der Waals surface area contributed by atoms with Gasteiger partial charge in [-0.05, 0) is 47.9 Å². The third kappa shape index (κ3) is 2.61. The van der Waals surface area contributed by atoms with Gasteiger partial charge in [0.05, 0.1) is 0 Å². The van der Waals surface area contributed by atoms with Crippen LogP contribution in [-0.2, 0) is 5.41 Å². The van der Waals surface area contributed by atoms with Gasteiger partial charge in [-0.15, -0.1) is 0 Å². The maximum Gasteiger partial charge on any atom is 0.200 e. The van der Waals surface area contributed by atoms with Gasteiger partial charge in [0.15, 0.2) is 34.5 Å². The van der Waals surface area contributed by atoms with E-state index in [0.29, 0.717) is 11.1 Å². The maximum absolute atomic E-state index is 9.94. The Bertz CT molecular complexity index is 862. The highest BCUT2D eigenvalue weighted by Crippen LogP contribution is 2.48. The highest BCUT2D eigenvalue weighted by Gasteiger charge is 2.34. The van der Waals surface area contributed by atoms with Gasteiger partial charge in [-0.1, -0.05) is 30.3 Å². The summed E-state index contributed by atoms with van der Waals surface area (Å²) in [6, 6.07) is 14.2. The van der Waals surface area contributed by atoms with Crippen molar-refractivity contribution >= 4 is 0 Å². The molecule has 0 heterocycles. The number of aromatic hydroxyl groups is 6. The predicted molar refractivity (Wildman–Crippen MR) is 94.9 cm³/mol. The zero-order valence-corrected chi connectivity index (χ0v) is 13.9. The fraction of sp³-hybridized carbons (Fsp3) is 0.100. The fourth-order valence-electron chi connectivity index (χ4n) is 3.06. The van der Waals surface area contributed by atoms with E-state index in [-0.39, 0.29) is 0 Å². The Balaban J connectivity index is 2.35. The Hall–Kier alpha value is -3.54. The van der Waals surface area contributed by atoms with Crippen LogP contribution in [0.5, 0.6) is 34.5 Å². The molecule has 0 radical (unpaired) electrons. The average Bonchev–Trinajstić information content (AvgIpc) is 2.63. The highest BCUT2D eigenvalue weighted by molar-refractivity contribution is 5.61. The molecule has 6 heteroatoms. The minimum Gasteiger partial charge on any atom is -0.504 e. The summed E-state index contributed by atoms with van der Waals surface area (Å²) >= 11 is 0. The zero-order chi connectivity index (χ0) is 19.1. The van der Waals surface area contributed by atoms with Crippen LogP contribution in [-0.4, -0.2) is 30.6 Å². The van der Waals surface area contributed by atoms with E-state index in [9.17, 15) is 30.6 Å². The first-order valence-corrected chi connectivity index (χ1v) is 7.81. The van der Waals surface area contributed by atoms with Crippen LogP contribution >= 0.6 is 0 Å². The van der Waals surface area contributed by atoms with E-state index in [4.69, 9.17) is 0 Å². The lowest BCUT2D eigenvalue weighted by Crippen LogP contribution is -2.25. The van der Waals surface area contributed by atoms with E-state index in [1.807, 2.05) is 18.2 Å². The van der Waals surface area contributed by atoms with Crippen LogP contribution in [0.2, 0.25) is 0 Å². The molecule has 0 atom stereocenters. The lowest BCUT2D eigenvalue weighted by molar-refractivity contribution is 0.364. The van der Waals surface area contributed by atoms with Crippen molar-refractivity contribution in [2.45, 2.75) is 12.3 Å². The second-order valence-corrected chi connectivity index (χ2v) is 6.22. The number of rotatable bonds is 3. The molecule has 0 fully saturated rings. The molecule has 3 aromatic rings. The van der Waals surface area contributed by atoms with E-state index in [2.05, 4.69) is 0 Å². The van der Waals surface area contributed by atoms with Crippen LogP contribution in [0.4, 0.5) is 0 Å². The van der Waals surface area contributed by atoms with Gasteiger partial charge in [-0.2, -0.15) is 0 Å². The summed E-state index contributed by atoms with van der Waals surface area (Å²) in [6.07, 6.45) is 0. The smallest absolute Gasteiger partial charge is 0.200 e. The van der Waals surface area contributed by atoms with Crippen LogP contribution in [0.25, 0.3) is 0 Å². The van der Waals surface area contributed by atoms with Crippen molar-refractivity contribution in [2.75, 3.05) is 0 Å². The summed E-state index contributed by atoms with van der Waals surface area (Å²) < 4.78 is 0. The maximum atomic E-state index is 9.94. The molecule has 0 aliphatic carbocycles. The van der Waals surface area contributed by atoms with Crippen LogP contribution < -0.4 is 0 Å². The summed E-state index contributed by atoms with van der Waals surface area (Å²) in [6.45, 7) is 1.76. The van der Waals surface area contributed by atoms with Crippen molar-refractivity contribution in [3.05, 3.63) is 71.3 Å². The van der Waals surface area contributed by atoms with Crippen LogP contribution in [0.1, 0.15) is 23.6 Å². The minimum absolute atomic E-state index is 0.404. The van der Waals surface area contributed by atoms with Crippen LogP contribution in [0.3, 0.4) is 0 Å². The molecule has 3 aromatic carbocycles. The van der Waals surface area contributed by atoms with Crippen molar-refractivity contribution in [2.24, 2.45) is 0 Å². The van der Waals surface area contributed by atoms with E-state index < -0.39 is 39.9 Å². The molecule has 0 saturated carbocycles. The van der Waals surface area contributed by atoms with E-state index in [1.54, 1.807) is 19.1 Å². The summed E-state index contributed by atoms with van der Waals surface area (Å²) in [7, 11) is 0. The van der Waals surface area contributed by atoms with Gasteiger partial charge < -0.3 is 30.6 Å². The molecule has 0 aliphatic heterocycles. The molecule has 6 nitrogen and oxygen atoms in total. The SMILES string of the molecule is CC(c1ccccc1)(c1cc(O)c(O)c(O)c1)c1cc(O)c(O)c(O)c1. The number of hydrogen-bond donors (Lipinski definition) is 6. The molecule has 6 N–H and O–H groups in total. The second kappa shape index (κ2) is 6.07. The first-order chi connectivity index (χ1) is 12.2. The average molecular weight is 354 g/mol. The molecule has 26 heavy (non-hydrogen) atoms. The Morgan fingerprint density at radius 1 is 0.538 bits per heavy atom. The molecule has 0 spiro atoms. The van der Waals surface area contributed by atoms with Crippen LogP contribution in [0, 0.1) is 0 Å². The topological polar surface area (TPSA) is 121 Å². The van der Waals surface area contributed by atoms with Gasteiger partial charge in [-0.3, -0.25) is 0 Å². The Kier molecular flexibility index (Phi) is 4.04. The number of phenolic OH excluding ortho intramolecular Hbond substituents is 6. The zero-order valence-electron chi connectivity index (χ0n) is 13.9. The van der Waals surface area contributed by atoms with Gasteiger partial charge in [0.2, 0.25) is 0 Å². The third-order valence-corrected chi connectivity index (χ3v) is 4.65. The quantitative estimate of drug-likeness (QED) is 0.317. The predicted octanol–water partition coefficient (Wildman–Crippen LogP) is 3.27. The lowest BCUT2D eigenvalue weighted by Gasteiger charge is -2.32. The molecule has 0 amide bonds. The summed E-state index contributed by atoms with van der Waals surface area (Å²) in [5, 5.41) is 59.1. The molecule has 0 saturated heterocycles. The first-order valence-electron chi connectivity index (χ1n) is 7.81. The van der Waals surface area contributed by atoms with Crippen molar-refractivity contribution in [3.8, 4) is 34.5 Å². The van der Waals surface area contributed by atoms with Gasteiger partial charge in [-0.25, -0.2) is 0 Å². The molecular weight excluding hydrogens is 336 g/mol. The van der Waals surface area contributed by atoms with Gasteiger partial charge >= 0.3 is 0 Å². The largest absolute Gasteiger partial charge is 0.504 e. The van der Waals surface area contributed by atoms with Gasteiger partial charge in [0, 0.05) is 5.41 Å². The molecule has 0 aromatic heterocycles. The molecule has 0 unspecified atom stereocenters. The lowest BCUT2D eigenvalue weighted by atomic mass is 9.71. The Morgan fingerprint density at radius 2 is 0.885 bits per heavy atom. The monoisotopic (exact) mass is 354 g/mol. The van der Waals surface area contributed by atoms with Crippen molar-refractivity contribution in [1.82, 2.24) is 0 Å². The second-order valence-electron chi connectivity index (χ2n) is 6.22. The summed E-state index contributed by atoms with van der Waals surface area (Å²) in [5.74, 6) is -3.30. The Labute approximate surface area is 149 Å². The highest BCUT2D eigenvalue weighted by atomic mass is 16.3. The normalized spacial score (nSPS) is 11.4. The number of phenols is 6. The third-order valence-electron chi connectivity index (χ3n) is 4.65. The minimum atomic E-state index is -1.04. The standard InChI is InChI=1S/C20H18O6/c1-20(11-5-3-2-4-6-11,12-7-14(21)18(25)15(22)8-12)13-9-16(23)19(26)17(24)10-13/h2-10,21-26H,1H3.